The van der Waals surface area contributed by atoms with Gasteiger partial charge >= 0.3 is 6.03 Å². The molecule has 1 aliphatic rings. The third kappa shape index (κ3) is 2.15. The largest absolute Gasteiger partial charge is 0.329 e. The third-order valence-corrected chi connectivity index (χ3v) is 2.79. The predicted molar refractivity (Wildman–Crippen MR) is 52.7 cm³/mol. The first kappa shape index (κ1) is 10.4. The quantitative estimate of drug-likeness (QED) is 0.682. The van der Waals surface area contributed by atoms with Gasteiger partial charge in [-0.05, 0) is 12.7 Å². The van der Waals surface area contributed by atoms with Crippen molar-refractivity contribution < 1.29 is 9.59 Å². The molecule has 0 aromatic rings. The number of imide groups is 1. The first-order valence-corrected chi connectivity index (χ1v) is 5.69. The second-order valence-electron chi connectivity index (χ2n) is 2.94. The van der Waals surface area contributed by atoms with E-state index in [0.29, 0.717) is 0 Å². The summed E-state index contributed by atoms with van der Waals surface area (Å²) in [6.45, 7) is 2.14. The van der Waals surface area contributed by atoms with Crippen LogP contribution in [0.2, 0.25) is 0 Å². The SMILES string of the molecule is CCC(CSC)N1C(=O)CNC1=O. The molecule has 1 heterocycles. The van der Waals surface area contributed by atoms with Gasteiger partial charge < -0.3 is 5.32 Å². The minimum absolute atomic E-state index is 0.0463. The number of nitrogens with one attached hydrogen (secondary N) is 1. The fourth-order valence-corrected chi connectivity index (χ4v) is 2.14. The molecule has 1 N–H and O–H groups in total. The van der Waals surface area contributed by atoms with Crippen molar-refractivity contribution in [2.75, 3.05) is 18.6 Å². The van der Waals surface area contributed by atoms with Crippen molar-refractivity contribution >= 4 is 23.7 Å². The van der Waals surface area contributed by atoms with Crippen LogP contribution < -0.4 is 5.32 Å². The fraction of sp³-hybridized carbons (Fsp3) is 0.750. The van der Waals surface area contributed by atoms with E-state index in [9.17, 15) is 9.59 Å². The van der Waals surface area contributed by atoms with Gasteiger partial charge in [-0.25, -0.2) is 4.79 Å². The number of amides is 3. The van der Waals surface area contributed by atoms with E-state index in [1.54, 1.807) is 11.8 Å². The highest BCUT2D eigenvalue weighted by molar-refractivity contribution is 7.98. The van der Waals surface area contributed by atoms with Gasteiger partial charge in [-0.1, -0.05) is 6.92 Å². The van der Waals surface area contributed by atoms with E-state index in [1.807, 2.05) is 13.2 Å². The molecule has 3 amide bonds. The van der Waals surface area contributed by atoms with E-state index >= 15 is 0 Å². The summed E-state index contributed by atoms with van der Waals surface area (Å²) in [5.74, 6) is 0.709. The summed E-state index contributed by atoms with van der Waals surface area (Å²) in [4.78, 5) is 23.9. The lowest BCUT2D eigenvalue weighted by Gasteiger charge is -2.22. The topological polar surface area (TPSA) is 49.4 Å². The minimum atomic E-state index is -0.245. The molecular formula is C8H14N2O2S. The minimum Gasteiger partial charge on any atom is -0.329 e. The van der Waals surface area contributed by atoms with Crippen LogP contribution in [0.1, 0.15) is 13.3 Å². The van der Waals surface area contributed by atoms with Gasteiger partial charge in [-0.2, -0.15) is 11.8 Å². The van der Waals surface area contributed by atoms with Crippen LogP contribution in [0.25, 0.3) is 0 Å². The van der Waals surface area contributed by atoms with Crippen LogP contribution in [-0.2, 0) is 4.79 Å². The van der Waals surface area contributed by atoms with Crippen molar-refractivity contribution in [3.05, 3.63) is 0 Å². The van der Waals surface area contributed by atoms with Crippen LogP contribution in [0.5, 0.6) is 0 Å². The molecule has 74 valence electrons. The summed E-state index contributed by atoms with van der Waals surface area (Å²) in [7, 11) is 0. The van der Waals surface area contributed by atoms with E-state index in [4.69, 9.17) is 0 Å². The monoisotopic (exact) mass is 202 g/mol. The molecule has 0 radical (unpaired) electrons. The highest BCUT2D eigenvalue weighted by Crippen LogP contribution is 2.13. The average molecular weight is 202 g/mol. The third-order valence-electron chi connectivity index (χ3n) is 2.07. The van der Waals surface area contributed by atoms with E-state index in [0.717, 1.165) is 12.2 Å². The molecule has 0 aliphatic carbocycles. The molecule has 1 aliphatic heterocycles. The molecule has 0 bridgehead atoms. The molecule has 0 spiro atoms. The Kier molecular flexibility index (Phi) is 3.59. The van der Waals surface area contributed by atoms with Gasteiger partial charge in [-0.3, -0.25) is 9.69 Å². The van der Waals surface area contributed by atoms with Crippen molar-refractivity contribution in [1.29, 1.82) is 0 Å². The number of rotatable bonds is 4. The molecule has 1 unspecified atom stereocenters. The lowest BCUT2D eigenvalue weighted by molar-refractivity contribution is -0.126. The number of carbonyl (C=O) groups is 2. The van der Waals surface area contributed by atoms with Gasteiger partial charge in [0.05, 0.1) is 12.6 Å². The van der Waals surface area contributed by atoms with Gasteiger partial charge in [0, 0.05) is 5.75 Å². The highest BCUT2D eigenvalue weighted by atomic mass is 32.2. The Morgan fingerprint density at radius 1 is 1.62 bits per heavy atom. The van der Waals surface area contributed by atoms with Crippen LogP contribution in [0.4, 0.5) is 4.79 Å². The van der Waals surface area contributed by atoms with Crippen molar-refractivity contribution in [1.82, 2.24) is 10.2 Å². The molecule has 4 nitrogen and oxygen atoms in total. The number of nitrogens with zero attached hydrogens (tertiary/aromatic N) is 1. The van der Waals surface area contributed by atoms with Gasteiger partial charge in [0.25, 0.3) is 0 Å². The first-order valence-electron chi connectivity index (χ1n) is 4.29. The Bertz CT molecular complexity index is 204. The summed E-state index contributed by atoms with van der Waals surface area (Å²) in [5.41, 5.74) is 0. The Hall–Kier alpha value is -0.710. The molecule has 1 atom stereocenters. The number of urea groups is 1. The van der Waals surface area contributed by atoms with Gasteiger partial charge in [-0.15, -0.1) is 0 Å². The second-order valence-corrected chi connectivity index (χ2v) is 3.85. The molecule has 0 aromatic carbocycles. The van der Waals surface area contributed by atoms with E-state index < -0.39 is 0 Å². The normalized spacial score (nSPS) is 19.1. The Morgan fingerprint density at radius 3 is 2.69 bits per heavy atom. The molecule has 0 saturated carbocycles. The first-order chi connectivity index (χ1) is 6.20. The number of thioether (sulfide) groups is 1. The molecular weight excluding hydrogens is 188 g/mol. The van der Waals surface area contributed by atoms with E-state index in [1.165, 1.54) is 4.90 Å². The average Bonchev–Trinajstić information content (AvgIpc) is 2.43. The van der Waals surface area contributed by atoms with Crippen LogP contribution in [0, 0.1) is 0 Å². The van der Waals surface area contributed by atoms with Gasteiger partial charge in [0.2, 0.25) is 5.91 Å². The van der Waals surface area contributed by atoms with Gasteiger partial charge in [0.15, 0.2) is 0 Å². The van der Waals surface area contributed by atoms with Crippen molar-refractivity contribution in [2.45, 2.75) is 19.4 Å². The van der Waals surface area contributed by atoms with Crippen LogP contribution in [0.15, 0.2) is 0 Å². The maximum absolute atomic E-state index is 11.3. The van der Waals surface area contributed by atoms with Crippen LogP contribution in [-0.4, -0.2) is 41.4 Å². The number of hydrogen-bond donors (Lipinski definition) is 1. The molecule has 5 heteroatoms. The Labute approximate surface area is 82.0 Å². The lowest BCUT2D eigenvalue weighted by Crippen LogP contribution is -2.41. The highest BCUT2D eigenvalue weighted by Gasteiger charge is 2.33. The smallest absolute Gasteiger partial charge is 0.324 e. The second kappa shape index (κ2) is 4.50. The molecule has 1 rings (SSSR count). The molecule has 0 aromatic heterocycles. The lowest BCUT2D eigenvalue weighted by atomic mass is 10.2. The van der Waals surface area contributed by atoms with Crippen LogP contribution in [0.3, 0.4) is 0 Å². The van der Waals surface area contributed by atoms with Gasteiger partial charge in [0.1, 0.15) is 0 Å². The summed E-state index contributed by atoms with van der Waals surface area (Å²) < 4.78 is 0. The zero-order chi connectivity index (χ0) is 9.84. The van der Waals surface area contributed by atoms with Crippen molar-refractivity contribution in [2.24, 2.45) is 0 Å². The maximum Gasteiger partial charge on any atom is 0.324 e. The summed E-state index contributed by atoms with van der Waals surface area (Å²) in [6, 6.07) is -0.198. The van der Waals surface area contributed by atoms with Crippen molar-refractivity contribution in [3.8, 4) is 0 Å². The summed E-state index contributed by atoms with van der Waals surface area (Å²) in [6.07, 6.45) is 2.79. The molecule has 1 saturated heterocycles. The van der Waals surface area contributed by atoms with Crippen molar-refractivity contribution in [3.63, 3.8) is 0 Å². The van der Waals surface area contributed by atoms with E-state index in [2.05, 4.69) is 5.32 Å². The fourth-order valence-electron chi connectivity index (χ4n) is 1.37. The molecule has 13 heavy (non-hydrogen) atoms. The number of carbonyl (C=O) groups excluding carboxylic acids is 2. The Morgan fingerprint density at radius 2 is 2.31 bits per heavy atom. The molecule has 1 fully saturated rings. The predicted octanol–water partition coefficient (Wildman–Crippen LogP) is 0.680. The van der Waals surface area contributed by atoms with E-state index in [-0.39, 0.29) is 24.5 Å². The standard InChI is InChI=1S/C8H14N2O2S/c1-3-6(5-13-2)10-7(11)4-9-8(10)12/h6H,3-5H2,1-2H3,(H,9,12). The zero-order valence-electron chi connectivity index (χ0n) is 7.87. The van der Waals surface area contributed by atoms with Crippen LogP contribution >= 0.6 is 11.8 Å². The number of hydrogen-bond acceptors (Lipinski definition) is 3. The Balaban J connectivity index is 2.65. The zero-order valence-corrected chi connectivity index (χ0v) is 8.69. The summed E-state index contributed by atoms with van der Waals surface area (Å²) in [5, 5.41) is 2.52. The maximum atomic E-state index is 11.3. The summed E-state index contributed by atoms with van der Waals surface area (Å²) >= 11 is 1.65.